The fraction of sp³-hybridized carbons (Fsp3) is 0.385. The number of hydrogen-bond acceptors (Lipinski definition) is 5. The van der Waals surface area contributed by atoms with E-state index in [0.29, 0.717) is 18.1 Å². The number of hydrogen-bond donors (Lipinski definition) is 2. The van der Waals surface area contributed by atoms with Gasteiger partial charge in [-0.2, -0.15) is 4.98 Å². The maximum Gasteiger partial charge on any atom is 0.227 e. The van der Waals surface area contributed by atoms with Crippen molar-refractivity contribution in [3.63, 3.8) is 0 Å². The van der Waals surface area contributed by atoms with Gasteiger partial charge in [-0.05, 0) is 19.9 Å². The van der Waals surface area contributed by atoms with E-state index in [-0.39, 0.29) is 6.04 Å². The van der Waals surface area contributed by atoms with Gasteiger partial charge in [-0.1, -0.05) is 22.9 Å². The molecule has 1 atom stereocenters. The number of aromatic nitrogens is 2. The van der Waals surface area contributed by atoms with E-state index in [0.717, 1.165) is 17.7 Å². The van der Waals surface area contributed by atoms with Crippen LogP contribution < -0.4 is 5.32 Å². The summed E-state index contributed by atoms with van der Waals surface area (Å²) in [6.45, 7) is 4.74. The van der Waals surface area contributed by atoms with Crippen LogP contribution in [-0.4, -0.2) is 21.8 Å². The van der Waals surface area contributed by atoms with Crippen molar-refractivity contribution in [2.24, 2.45) is 0 Å². The zero-order valence-electron chi connectivity index (χ0n) is 10.6. The normalized spacial score (nSPS) is 12.6. The largest absolute Gasteiger partial charge is 0.508 e. The lowest BCUT2D eigenvalue weighted by molar-refractivity contribution is 0.372. The first-order valence-corrected chi connectivity index (χ1v) is 5.95. The first-order chi connectivity index (χ1) is 8.66. The van der Waals surface area contributed by atoms with Gasteiger partial charge in [0.25, 0.3) is 0 Å². The number of nitrogens with zero attached hydrogens (tertiary/aromatic N) is 2. The molecule has 1 heterocycles. The van der Waals surface area contributed by atoms with E-state index < -0.39 is 0 Å². The molecule has 0 spiro atoms. The molecule has 5 nitrogen and oxygen atoms in total. The molecule has 1 aromatic carbocycles. The fourth-order valence-corrected chi connectivity index (χ4v) is 1.83. The summed E-state index contributed by atoms with van der Waals surface area (Å²) >= 11 is 0. The zero-order chi connectivity index (χ0) is 13.0. The van der Waals surface area contributed by atoms with Crippen LogP contribution in [0.2, 0.25) is 0 Å². The monoisotopic (exact) mass is 247 g/mol. The Balaban J connectivity index is 1.91. The van der Waals surface area contributed by atoms with E-state index in [4.69, 9.17) is 4.52 Å². The number of phenols is 1. The van der Waals surface area contributed by atoms with Crippen LogP contribution >= 0.6 is 0 Å². The second kappa shape index (κ2) is 5.64. The van der Waals surface area contributed by atoms with Gasteiger partial charge in [-0.15, -0.1) is 0 Å². The second-order valence-electron chi connectivity index (χ2n) is 4.32. The van der Waals surface area contributed by atoms with Crippen LogP contribution in [0.1, 0.15) is 30.0 Å². The molecule has 2 aromatic rings. The van der Waals surface area contributed by atoms with Gasteiger partial charge in [0.15, 0.2) is 6.33 Å². The minimum Gasteiger partial charge on any atom is -0.508 e. The summed E-state index contributed by atoms with van der Waals surface area (Å²) in [4.78, 5) is 3.95. The Morgan fingerprint density at radius 2 is 2.28 bits per heavy atom. The predicted molar refractivity (Wildman–Crippen MR) is 67.3 cm³/mol. The fourth-order valence-electron chi connectivity index (χ4n) is 1.83. The van der Waals surface area contributed by atoms with E-state index in [2.05, 4.69) is 15.5 Å². The lowest BCUT2D eigenvalue weighted by Crippen LogP contribution is -2.21. The third-order valence-corrected chi connectivity index (χ3v) is 2.85. The first-order valence-electron chi connectivity index (χ1n) is 5.95. The number of benzene rings is 1. The van der Waals surface area contributed by atoms with Crippen LogP contribution in [0.4, 0.5) is 0 Å². The molecule has 5 heteroatoms. The van der Waals surface area contributed by atoms with E-state index >= 15 is 0 Å². The van der Waals surface area contributed by atoms with Crippen LogP contribution in [0.5, 0.6) is 5.75 Å². The van der Waals surface area contributed by atoms with Gasteiger partial charge in [0.2, 0.25) is 5.89 Å². The van der Waals surface area contributed by atoms with Crippen molar-refractivity contribution in [2.75, 3.05) is 6.54 Å². The third-order valence-electron chi connectivity index (χ3n) is 2.85. The smallest absolute Gasteiger partial charge is 0.227 e. The average Bonchev–Trinajstić information content (AvgIpc) is 2.85. The molecule has 0 saturated heterocycles. The summed E-state index contributed by atoms with van der Waals surface area (Å²) in [5.74, 6) is 0.932. The van der Waals surface area contributed by atoms with Crippen LogP contribution in [0.3, 0.4) is 0 Å². The molecule has 0 fully saturated rings. The van der Waals surface area contributed by atoms with Crippen molar-refractivity contribution < 1.29 is 9.63 Å². The maximum atomic E-state index is 9.81. The maximum absolute atomic E-state index is 9.81. The summed E-state index contributed by atoms with van der Waals surface area (Å²) < 4.78 is 4.91. The highest BCUT2D eigenvalue weighted by Crippen LogP contribution is 2.24. The highest BCUT2D eigenvalue weighted by molar-refractivity contribution is 5.37. The third kappa shape index (κ3) is 3.07. The molecule has 0 bridgehead atoms. The zero-order valence-corrected chi connectivity index (χ0v) is 10.6. The van der Waals surface area contributed by atoms with Gasteiger partial charge >= 0.3 is 0 Å². The highest BCUT2D eigenvalue weighted by Gasteiger charge is 2.10. The van der Waals surface area contributed by atoms with Gasteiger partial charge in [0.1, 0.15) is 5.75 Å². The van der Waals surface area contributed by atoms with Crippen molar-refractivity contribution in [3.05, 3.63) is 41.5 Å². The average molecular weight is 247 g/mol. The molecule has 1 unspecified atom stereocenters. The Labute approximate surface area is 106 Å². The lowest BCUT2D eigenvalue weighted by atomic mass is 10.0. The van der Waals surface area contributed by atoms with Gasteiger partial charge in [0.05, 0.1) is 0 Å². The van der Waals surface area contributed by atoms with Gasteiger partial charge in [-0.3, -0.25) is 0 Å². The molecule has 0 saturated carbocycles. The van der Waals surface area contributed by atoms with Crippen molar-refractivity contribution >= 4 is 0 Å². The Bertz CT molecular complexity index is 497. The van der Waals surface area contributed by atoms with Crippen molar-refractivity contribution in [1.82, 2.24) is 15.5 Å². The predicted octanol–water partition coefficient (Wildman–Crippen LogP) is 1.98. The molecule has 1 aromatic heterocycles. The molecule has 0 aliphatic rings. The Kier molecular flexibility index (Phi) is 3.94. The highest BCUT2D eigenvalue weighted by atomic mass is 16.5. The number of rotatable bonds is 5. The van der Waals surface area contributed by atoms with E-state index in [1.54, 1.807) is 6.07 Å². The molecule has 0 aliphatic heterocycles. The molecule has 2 N–H and O–H groups in total. The number of aryl methyl sites for hydroxylation is 1. The molecule has 0 aliphatic carbocycles. The molecule has 96 valence electrons. The van der Waals surface area contributed by atoms with Crippen molar-refractivity contribution in [2.45, 2.75) is 26.3 Å². The van der Waals surface area contributed by atoms with Gasteiger partial charge in [-0.25, -0.2) is 0 Å². The van der Waals surface area contributed by atoms with Crippen LogP contribution in [0, 0.1) is 6.92 Å². The molecule has 2 rings (SSSR count). The molecule has 0 amide bonds. The van der Waals surface area contributed by atoms with E-state index in [1.165, 1.54) is 6.33 Å². The van der Waals surface area contributed by atoms with Crippen LogP contribution in [-0.2, 0) is 6.42 Å². The topological polar surface area (TPSA) is 71.2 Å². The Hall–Kier alpha value is -1.88. The summed E-state index contributed by atoms with van der Waals surface area (Å²) in [6, 6.07) is 5.68. The summed E-state index contributed by atoms with van der Waals surface area (Å²) in [5.41, 5.74) is 2.04. The molecule has 0 radical (unpaired) electrons. The minimum atomic E-state index is 0.0767. The first kappa shape index (κ1) is 12.6. The summed E-state index contributed by atoms with van der Waals surface area (Å²) in [5, 5.41) is 16.7. The van der Waals surface area contributed by atoms with Crippen molar-refractivity contribution in [1.29, 1.82) is 0 Å². The Morgan fingerprint density at radius 1 is 1.44 bits per heavy atom. The number of aromatic hydroxyl groups is 1. The van der Waals surface area contributed by atoms with Crippen LogP contribution in [0.25, 0.3) is 0 Å². The SMILES string of the molecule is Cc1ccc(O)c(C(C)NCCc2ncno2)c1. The summed E-state index contributed by atoms with van der Waals surface area (Å²) in [6.07, 6.45) is 2.07. The van der Waals surface area contributed by atoms with Gasteiger partial charge < -0.3 is 14.9 Å². The number of nitrogens with one attached hydrogen (secondary N) is 1. The molecular formula is C13H17N3O2. The summed E-state index contributed by atoms with van der Waals surface area (Å²) in [7, 11) is 0. The second-order valence-corrected chi connectivity index (χ2v) is 4.32. The quantitative estimate of drug-likeness (QED) is 0.845. The van der Waals surface area contributed by atoms with E-state index in [1.807, 2.05) is 26.0 Å². The molecular weight excluding hydrogens is 230 g/mol. The van der Waals surface area contributed by atoms with Crippen LogP contribution in [0.15, 0.2) is 29.0 Å². The molecule has 18 heavy (non-hydrogen) atoms. The van der Waals surface area contributed by atoms with Crippen molar-refractivity contribution in [3.8, 4) is 5.75 Å². The minimum absolute atomic E-state index is 0.0767. The lowest BCUT2D eigenvalue weighted by Gasteiger charge is -2.15. The Morgan fingerprint density at radius 3 is 3.00 bits per heavy atom. The standard InChI is InChI=1S/C13H17N3O2/c1-9-3-4-12(17)11(7-9)10(2)14-6-5-13-15-8-16-18-13/h3-4,7-8,10,14,17H,5-6H2,1-2H3. The van der Waals surface area contributed by atoms with Gasteiger partial charge in [0, 0.05) is 24.6 Å². The van der Waals surface area contributed by atoms with E-state index in [9.17, 15) is 5.11 Å². The number of phenolic OH excluding ortho intramolecular Hbond substituents is 1.